The van der Waals surface area contributed by atoms with Crippen LogP contribution in [-0.2, 0) is 6.54 Å². The lowest BCUT2D eigenvalue weighted by Gasteiger charge is -2.19. The predicted molar refractivity (Wildman–Crippen MR) is 113 cm³/mol. The Hall–Kier alpha value is -3.40. The van der Waals surface area contributed by atoms with E-state index in [0.717, 1.165) is 22.4 Å². The lowest BCUT2D eigenvalue weighted by atomic mass is 10.0. The molecule has 4 heteroatoms. The second-order valence-electron chi connectivity index (χ2n) is 6.91. The molecule has 0 saturated heterocycles. The van der Waals surface area contributed by atoms with E-state index in [1.165, 1.54) is 0 Å². The lowest BCUT2D eigenvalue weighted by Crippen LogP contribution is -2.28. The Morgan fingerprint density at radius 2 is 1.36 bits per heavy atom. The van der Waals surface area contributed by atoms with Crippen molar-refractivity contribution >= 4 is 17.5 Å². The zero-order chi connectivity index (χ0) is 20.1. The quantitative estimate of drug-likeness (QED) is 0.697. The molecule has 2 amide bonds. The van der Waals surface area contributed by atoms with Crippen molar-refractivity contribution in [1.29, 1.82) is 0 Å². The molecule has 3 aromatic carbocycles. The van der Waals surface area contributed by atoms with Crippen molar-refractivity contribution in [2.45, 2.75) is 20.4 Å². The highest BCUT2D eigenvalue weighted by Gasteiger charge is 2.20. The van der Waals surface area contributed by atoms with Gasteiger partial charge in [0.2, 0.25) is 0 Å². The van der Waals surface area contributed by atoms with Crippen LogP contribution in [0.15, 0.2) is 72.8 Å². The number of carbonyl (C=O) groups excluding carboxylic acids is 2. The summed E-state index contributed by atoms with van der Waals surface area (Å²) in [5, 5.41) is 2.97. The Morgan fingerprint density at radius 1 is 0.786 bits per heavy atom. The van der Waals surface area contributed by atoms with E-state index in [1.807, 2.05) is 62.4 Å². The normalized spacial score (nSPS) is 10.4. The summed E-state index contributed by atoms with van der Waals surface area (Å²) in [7, 11) is 1.75. The first-order chi connectivity index (χ1) is 13.5. The molecule has 4 nitrogen and oxygen atoms in total. The van der Waals surface area contributed by atoms with Gasteiger partial charge in [-0.25, -0.2) is 0 Å². The summed E-state index contributed by atoms with van der Waals surface area (Å²) in [6, 6.07) is 22.6. The number of aryl methyl sites for hydroxylation is 2. The van der Waals surface area contributed by atoms with E-state index in [2.05, 4.69) is 5.32 Å². The van der Waals surface area contributed by atoms with Gasteiger partial charge in [-0.05, 0) is 42.7 Å². The maximum absolute atomic E-state index is 13.0. The summed E-state index contributed by atoms with van der Waals surface area (Å²) >= 11 is 0. The molecule has 28 heavy (non-hydrogen) atoms. The molecule has 0 saturated carbocycles. The van der Waals surface area contributed by atoms with E-state index in [4.69, 9.17) is 0 Å². The third-order valence-electron chi connectivity index (χ3n) is 4.73. The van der Waals surface area contributed by atoms with Crippen LogP contribution in [0, 0.1) is 13.8 Å². The van der Waals surface area contributed by atoms with Crippen LogP contribution in [-0.4, -0.2) is 23.8 Å². The Morgan fingerprint density at radius 3 is 2.00 bits per heavy atom. The number of rotatable bonds is 5. The molecule has 1 N–H and O–H groups in total. The van der Waals surface area contributed by atoms with Gasteiger partial charge in [-0.2, -0.15) is 0 Å². The summed E-state index contributed by atoms with van der Waals surface area (Å²) in [6.45, 7) is 4.38. The highest BCUT2D eigenvalue weighted by molar-refractivity contribution is 6.12. The van der Waals surface area contributed by atoms with Crippen molar-refractivity contribution in [3.05, 3.63) is 101 Å². The van der Waals surface area contributed by atoms with Crippen molar-refractivity contribution in [3.8, 4) is 0 Å². The van der Waals surface area contributed by atoms with Gasteiger partial charge in [-0.15, -0.1) is 0 Å². The first-order valence-corrected chi connectivity index (χ1v) is 9.23. The average molecular weight is 372 g/mol. The second-order valence-corrected chi connectivity index (χ2v) is 6.91. The Bertz CT molecular complexity index is 976. The summed E-state index contributed by atoms with van der Waals surface area (Å²) in [6.07, 6.45) is 0. The Kier molecular flexibility index (Phi) is 5.90. The average Bonchev–Trinajstić information content (AvgIpc) is 2.71. The number of hydrogen-bond acceptors (Lipinski definition) is 2. The van der Waals surface area contributed by atoms with Crippen LogP contribution in [0.25, 0.3) is 0 Å². The Balaban J connectivity index is 1.84. The van der Waals surface area contributed by atoms with E-state index >= 15 is 0 Å². The van der Waals surface area contributed by atoms with E-state index in [9.17, 15) is 9.59 Å². The molecule has 0 aliphatic heterocycles. The number of para-hydroxylation sites is 1. The number of benzene rings is 3. The topological polar surface area (TPSA) is 49.4 Å². The number of nitrogens with zero attached hydrogens (tertiary/aromatic N) is 1. The van der Waals surface area contributed by atoms with Crippen LogP contribution in [0.4, 0.5) is 5.69 Å². The molecule has 0 aliphatic carbocycles. The molecule has 3 rings (SSSR count). The summed E-state index contributed by atoms with van der Waals surface area (Å²) in [5.41, 5.74) is 4.56. The fourth-order valence-electron chi connectivity index (χ4n) is 3.19. The molecule has 0 atom stereocenters. The maximum atomic E-state index is 13.0. The molecule has 0 spiro atoms. The fraction of sp³-hybridized carbons (Fsp3) is 0.167. The summed E-state index contributed by atoms with van der Waals surface area (Å²) in [5.74, 6) is -0.467. The first-order valence-electron chi connectivity index (χ1n) is 9.23. The van der Waals surface area contributed by atoms with Crippen molar-refractivity contribution < 1.29 is 9.59 Å². The highest BCUT2D eigenvalue weighted by atomic mass is 16.2. The minimum Gasteiger partial charge on any atom is -0.337 e. The smallest absolute Gasteiger partial charge is 0.256 e. The number of amides is 2. The van der Waals surface area contributed by atoms with E-state index in [1.54, 1.807) is 36.2 Å². The number of hydrogen-bond donors (Lipinski definition) is 1. The SMILES string of the molecule is Cc1cccc(C)c1NC(=O)c1ccccc1C(=O)N(C)Cc1ccccc1. The van der Waals surface area contributed by atoms with E-state index in [0.29, 0.717) is 17.7 Å². The molecule has 0 aromatic heterocycles. The second kappa shape index (κ2) is 8.53. The van der Waals surface area contributed by atoms with Gasteiger partial charge in [0, 0.05) is 19.3 Å². The van der Waals surface area contributed by atoms with E-state index < -0.39 is 0 Å². The lowest BCUT2D eigenvalue weighted by molar-refractivity contribution is 0.0780. The van der Waals surface area contributed by atoms with Crippen molar-refractivity contribution in [2.24, 2.45) is 0 Å². The highest BCUT2D eigenvalue weighted by Crippen LogP contribution is 2.21. The minimum absolute atomic E-state index is 0.184. The molecular formula is C24H24N2O2. The maximum Gasteiger partial charge on any atom is 0.256 e. The third-order valence-corrected chi connectivity index (χ3v) is 4.73. The van der Waals surface area contributed by atoms with Crippen LogP contribution < -0.4 is 5.32 Å². The largest absolute Gasteiger partial charge is 0.337 e. The monoisotopic (exact) mass is 372 g/mol. The van der Waals surface area contributed by atoms with Crippen LogP contribution in [0.3, 0.4) is 0 Å². The van der Waals surface area contributed by atoms with Gasteiger partial charge in [0.05, 0.1) is 11.1 Å². The standard InChI is InChI=1S/C24H24N2O2/c1-17-10-9-11-18(2)22(17)25-23(27)20-14-7-8-15-21(20)24(28)26(3)16-19-12-5-4-6-13-19/h4-15H,16H2,1-3H3,(H,25,27). The van der Waals surface area contributed by atoms with Gasteiger partial charge in [0.25, 0.3) is 11.8 Å². The van der Waals surface area contributed by atoms with Gasteiger partial charge in [-0.3, -0.25) is 9.59 Å². The first kappa shape index (κ1) is 19.4. The number of anilines is 1. The van der Waals surface area contributed by atoms with Crippen molar-refractivity contribution in [2.75, 3.05) is 12.4 Å². The molecule has 0 radical (unpaired) electrons. The van der Waals surface area contributed by atoms with E-state index in [-0.39, 0.29) is 11.8 Å². The van der Waals surface area contributed by atoms with Gasteiger partial charge < -0.3 is 10.2 Å². The molecular weight excluding hydrogens is 348 g/mol. The van der Waals surface area contributed by atoms with Crippen LogP contribution in [0.5, 0.6) is 0 Å². The third kappa shape index (κ3) is 4.29. The van der Waals surface area contributed by atoms with Crippen LogP contribution >= 0.6 is 0 Å². The predicted octanol–water partition coefficient (Wildman–Crippen LogP) is 4.83. The van der Waals surface area contributed by atoms with Gasteiger partial charge in [-0.1, -0.05) is 60.7 Å². The Labute approximate surface area is 165 Å². The van der Waals surface area contributed by atoms with Gasteiger partial charge in [0.1, 0.15) is 0 Å². The van der Waals surface area contributed by atoms with Crippen LogP contribution in [0.1, 0.15) is 37.4 Å². The molecule has 0 unspecified atom stereocenters. The van der Waals surface area contributed by atoms with Crippen molar-refractivity contribution in [3.63, 3.8) is 0 Å². The summed E-state index contributed by atoms with van der Waals surface area (Å²) in [4.78, 5) is 27.6. The molecule has 0 fully saturated rings. The van der Waals surface area contributed by atoms with Crippen molar-refractivity contribution in [1.82, 2.24) is 4.90 Å². The van der Waals surface area contributed by atoms with Crippen LogP contribution in [0.2, 0.25) is 0 Å². The minimum atomic E-state index is -0.283. The zero-order valence-corrected chi connectivity index (χ0v) is 16.4. The zero-order valence-electron chi connectivity index (χ0n) is 16.4. The number of nitrogens with one attached hydrogen (secondary N) is 1. The fourth-order valence-corrected chi connectivity index (χ4v) is 3.19. The van der Waals surface area contributed by atoms with Gasteiger partial charge in [0.15, 0.2) is 0 Å². The molecule has 0 bridgehead atoms. The molecule has 142 valence electrons. The summed E-state index contributed by atoms with van der Waals surface area (Å²) < 4.78 is 0. The molecule has 0 heterocycles. The molecule has 0 aliphatic rings. The number of carbonyl (C=O) groups is 2. The van der Waals surface area contributed by atoms with Gasteiger partial charge >= 0.3 is 0 Å². The molecule has 3 aromatic rings.